The quantitative estimate of drug-likeness (QED) is 0.938. The third kappa shape index (κ3) is 3.31. The fraction of sp³-hybridized carbons (Fsp3) is 0.375. The highest BCUT2D eigenvalue weighted by molar-refractivity contribution is 5.71. The molecular weight excluding hydrogens is 268 g/mol. The molecule has 0 saturated carbocycles. The molecule has 1 aromatic carbocycles. The van der Waals surface area contributed by atoms with E-state index in [0.717, 1.165) is 42.6 Å². The minimum absolute atomic E-state index is 0.0229. The molecule has 1 N–H and O–H groups in total. The van der Waals surface area contributed by atoms with Crippen LogP contribution in [0.15, 0.2) is 36.7 Å². The Labute approximate surface area is 123 Å². The molecule has 21 heavy (non-hydrogen) atoms. The zero-order valence-electron chi connectivity index (χ0n) is 11.7. The highest BCUT2D eigenvalue weighted by Gasteiger charge is 2.16. The smallest absolute Gasteiger partial charge is 0.307 e. The monoisotopic (exact) mass is 286 g/mol. The largest absolute Gasteiger partial charge is 0.481 e. The Bertz CT molecular complexity index is 630. The molecule has 1 saturated heterocycles. The lowest BCUT2D eigenvalue weighted by Crippen LogP contribution is -2.18. The highest BCUT2D eigenvalue weighted by atomic mass is 16.5. The summed E-state index contributed by atoms with van der Waals surface area (Å²) in [5.74, 6) is -0.821. The van der Waals surface area contributed by atoms with Crippen LogP contribution >= 0.6 is 0 Å². The van der Waals surface area contributed by atoms with Gasteiger partial charge in [0.25, 0.3) is 0 Å². The zero-order chi connectivity index (χ0) is 14.7. The van der Waals surface area contributed by atoms with Crippen LogP contribution in [-0.4, -0.2) is 27.5 Å². The molecule has 1 aliphatic rings. The van der Waals surface area contributed by atoms with Gasteiger partial charge in [-0.3, -0.25) is 4.79 Å². The predicted molar refractivity (Wildman–Crippen MR) is 77.8 cm³/mol. The third-order valence-electron chi connectivity index (χ3n) is 3.67. The summed E-state index contributed by atoms with van der Waals surface area (Å²) < 4.78 is 7.57. The van der Waals surface area contributed by atoms with Crippen LogP contribution < -0.4 is 0 Å². The summed E-state index contributed by atoms with van der Waals surface area (Å²) in [6.07, 6.45) is 7.09. The number of carbonyl (C=O) groups is 1. The first kappa shape index (κ1) is 13.8. The normalized spacial score (nSPS) is 18.6. The Kier molecular flexibility index (Phi) is 4.01. The number of aromatic nitrogens is 2. The first-order chi connectivity index (χ1) is 10.2. The fourth-order valence-electron chi connectivity index (χ4n) is 2.61. The van der Waals surface area contributed by atoms with E-state index in [4.69, 9.17) is 9.84 Å². The topological polar surface area (TPSA) is 64.3 Å². The molecule has 0 aliphatic carbocycles. The van der Waals surface area contributed by atoms with Crippen molar-refractivity contribution >= 4 is 5.97 Å². The summed E-state index contributed by atoms with van der Waals surface area (Å²) in [6.45, 7) is 0.786. The van der Waals surface area contributed by atoms with Crippen LogP contribution in [-0.2, 0) is 16.0 Å². The van der Waals surface area contributed by atoms with E-state index >= 15 is 0 Å². The van der Waals surface area contributed by atoms with E-state index in [9.17, 15) is 4.79 Å². The minimum Gasteiger partial charge on any atom is -0.481 e. The highest BCUT2D eigenvalue weighted by Crippen LogP contribution is 2.25. The molecule has 0 amide bonds. The molecule has 0 bridgehead atoms. The second-order valence-corrected chi connectivity index (χ2v) is 5.30. The fourth-order valence-corrected chi connectivity index (χ4v) is 2.61. The number of carboxylic acid groups (broad SMARTS) is 1. The maximum atomic E-state index is 10.8. The summed E-state index contributed by atoms with van der Waals surface area (Å²) in [7, 11) is 0. The van der Waals surface area contributed by atoms with Crippen molar-refractivity contribution in [2.75, 3.05) is 6.61 Å². The van der Waals surface area contributed by atoms with Gasteiger partial charge in [0.05, 0.1) is 12.6 Å². The zero-order valence-corrected chi connectivity index (χ0v) is 11.7. The van der Waals surface area contributed by atoms with Gasteiger partial charge in [-0.05, 0) is 30.4 Å². The minimum atomic E-state index is -0.821. The van der Waals surface area contributed by atoms with Crippen LogP contribution in [0.3, 0.4) is 0 Å². The molecule has 2 aromatic rings. The molecule has 2 heterocycles. The molecule has 5 heteroatoms. The van der Waals surface area contributed by atoms with Crippen molar-refractivity contribution in [2.45, 2.75) is 31.9 Å². The summed E-state index contributed by atoms with van der Waals surface area (Å²) in [5.41, 5.74) is 2.76. The molecule has 5 nitrogen and oxygen atoms in total. The number of carboxylic acids is 1. The van der Waals surface area contributed by atoms with Gasteiger partial charge in [-0.1, -0.05) is 24.3 Å². The average molecular weight is 286 g/mol. The first-order valence-electron chi connectivity index (χ1n) is 7.19. The van der Waals surface area contributed by atoms with Gasteiger partial charge in [0, 0.05) is 18.4 Å². The van der Waals surface area contributed by atoms with E-state index in [1.54, 1.807) is 6.20 Å². The van der Waals surface area contributed by atoms with Gasteiger partial charge < -0.3 is 9.84 Å². The number of rotatable bonds is 4. The van der Waals surface area contributed by atoms with Gasteiger partial charge in [-0.15, -0.1) is 0 Å². The molecular formula is C16H18N2O3. The molecule has 1 unspecified atom stereocenters. The van der Waals surface area contributed by atoms with Crippen LogP contribution in [0.25, 0.3) is 11.1 Å². The van der Waals surface area contributed by atoms with Crippen LogP contribution in [0, 0.1) is 0 Å². The van der Waals surface area contributed by atoms with Gasteiger partial charge in [-0.2, -0.15) is 5.10 Å². The van der Waals surface area contributed by atoms with E-state index < -0.39 is 5.97 Å². The Morgan fingerprint density at radius 3 is 3.05 bits per heavy atom. The van der Waals surface area contributed by atoms with Gasteiger partial charge in [0.15, 0.2) is 0 Å². The molecule has 0 spiro atoms. The van der Waals surface area contributed by atoms with E-state index in [-0.39, 0.29) is 12.6 Å². The van der Waals surface area contributed by atoms with Crippen molar-refractivity contribution < 1.29 is 14.6 Å². The van der Waals surface area contributed by atoms with Gasteiger partial charge in [0.1, 0.15) is 6.23 Å². The molecule has 1 aliphatic heterocycles. The second-order valence-electron chi connectivity index (χ2n) is 5.30. The van der Waals surface area contributed by atoms with Crippen molar-refractivity contribution in [1.82, 2.24) is 9.78 Å². The van der Waals surface area contributed by atoms with Gasteiger partial charge in [-0.25, -0.2) is 4.68 Å². The molecule has 110 valence electrons. The van der Waals surface area contributed by atoms with Crippen molar-refractivity contribution in [1.29, 1.82) is 0 Å². The Balaban J connectivity index is 1.80. The number of hydrogen-bond donors (Lipinski definition) is 1. The van der Waals surface area contributed by atoms with E-state index in [0.29, 0.717) is 0 Å². The Hall–Kier alpha value is -2.14. The third-order valence-corrected chi connectivity index (χ3v) is 3.67. The van der Waals surface area contributed by atoms with Crippen LogP contribution in [0.1, 0.15) is 31.1 Å². The van der Waals surface area contributed by atoms with Crippen molar-refractivity contribution in [3.8, 4) is 11.1 Å². The SMILES string of the molecule is O=C(O)Cc1cccc(-c2cnn(C3CCCCO3)c2)c1. The molecule has 0 radical (unpaired) electrons. The summed E-state index contributed by atoms with van der Waals surface area (Å²) in [6, 6.07) is 7.57. The number of benzene rings is 1. The van der Waals surface area contributed by atoms with Gasteiger partial charge in [0.2, 0.25) is 0 Å². The van der Waals surface area contributed by atoms with Crippen molar-refractivity contribution in [3.05, 3.63) is 42.2 Å². The lowest BCUT2D eigenvalue weighted by atomic mass is 10.0. The van der Waals surface area contributed by atoms with E-state index in [1.807, 2.05) is 35.1 Å². The molecule has 1 fully saturated rings. The maximum Gasteiger partial charge on any atom is 0.307 e. The number of aliphatic carboxylic acids is 1. The number of ether oxygens (including phenoxy) is 1. The van der Waals surface area contributed by atoms with Crippen LogP contribution in [0.5, 0.6) is 0 Å². The van der Waals surface area contributed by atoms with Crippen molar-refractivity contribution in [2.24, 2.45) is 0 Å². The molecule has 1 atom stereocenters. The maximum absolute atomic E-state index is 10.8. The summed E-state index contributed by atoms with van der Waals surface area (Å²) in [5, 5.41) is 13.3. The van der Waals surface area contributed by atoms with E-state index in [2.05, 4.69) is 5.10 Å². The number of nitrogens with zero attached hydrogens (tertiary/aromatic N) is 2. The predicted octanol–water partition coefficient (Wildman–Crippen LogP) is 2.88. The van der Waals surface area contributed by atoms with Crippen LogP contribution in [0.4, 0.5) is 0 Å². The van der Waals surface area contributed by atoms with E-state index in [1.165, 1.54) is 0 Å². The summed E-state index contributed by atoms with van der Waals surface area (Å²) >= 11 is 0. The Morgan fingerprint density at radius 1 is 1.38 bits per heavy atom. The van der Waals surface area contributed by atoms with Gasteiger partial charge >= 0.3 is 5.97 Å². The average Bonchev–Trinajstić information content (AvgIpc) is 2.98. The molecule has 3 rings (SSSR count). The lowest BCUT2D eigenvalue weighted by molar-refractivity contribution is -0.136. The van der Waals surface area contributed by atoms with Crippen molar-refractivity contribution in [3.63, 3.8) is 0 Å². The summed E-state index contributed by atoms with van der Waals surface area (Å²) in [4.78, 5) is 10.8. The first-order valence-corrected chi connectivity index (χ1v) is 7.19. The lowest BCUT2D eigenvalue weighted by Gasteiger charge is -2.22. The number of hydrogen-bond acceptors (Lipinski definition) is 3. The molecule has 1 aromatic heterocycles. The van der Waals surface area contributed by atoms with Crippen LogP contribution in [0.2, 0.25) is 0 Å². The second kappa shape index (κ2) is 6.10. The standard InChI is InChI=1S/C16H18N2O3/c19-16(20)9-12-4-3-5-13(8-12)14-10-17-18(11-14)15-6-1-2-7-21-15/h3-5,8,10-11,15H,1-2,6-7,9H2,(H,19,20). The Morgan fingerprint density at radius 2 is 2.29 bits per heavy atom.